The van der Waals surface area contributed by atoms with E-state index >= 15 is 0 Å². The van der Waals surface area contributed by atoms with E-state index in [4.69, 9.17) is 18.5 Å². The second-order valence-corrected chi connectivity index (χ2v) is 12.8. The molecule has 2 aromatic rings. The highest BCUT2D eigenvalue weighted by atomic mass is 31.1. The molecule has 0 spiro atoms. The van der Waals surface area contributed by atoms with Gasteiger partial charge in [-0.1, -0.05) is 68.3 Å². The van der Waals surface area contributed by atoms with E-state index in [1.54, 1.807) is 30.3 Å². The predicted octanol–water partition coefficient (Wildman–Crippen LogP) is 4.46. The Morgan fingerprint density at radius 1 is 0.940 bits per heavy atom. The average Bonchev–Trinajstić information content (AvgIpc) is 3.67. The molecule has 0 saturated carbocycles. The van der Waals surface area contributed by atoms with Gasteiger partial charge < -0.3 is 30.7 Å². The lowest BCUT2D eigenvalue weighted by molar-refractivity contribution is -0.165. The monoisotopic (exact) mass is 715 g/mol. The number of amides is 3. The summed E-state index contributed by atoms with van der Waals surface area (Å²) in [5.41, 5.74) is 1.26. The first-order valence-electron chi connectivity index (χ1n) is 17.0. The Kier molecular flexibility index (Phi) is 18.1. The number of ether oxygens (including phenoxy) is 2. The molecule has 14 nitrogen and oxygen atoms in total. The summed E-state index contributed by atoms with van der Waals surface area (Å²) in [6.07, 6.45) is 2.79. The first-order chi connectivity index (χ1) is 24.2. The molecular weight excluding hydrogens is 667 g/mol. The lowest BCUT2D eigenvalue weighted by Crippen LogP contribution is -2.50. The van der Waals surface area contributed by atoms with Crippen molar-refractivity contribution >= 4 is 38.1 Å². The zero-order valence-corrected chi connectivity index (χ0v) is 29.5. The second kappa shape index (κ2) is 22.5. The number of unbranched alkanes of at least 4 members (excludes halogenated alkanes) is 2. The Morgan fingerprint density at radius 2 is 1.66 bits per heavy atom. The maximum absolute atomic E-state index is 13.5. The minimum Gasteiger partial charge on any atom is -0.445 e. The molecule has 5 atom stereocenters. The first-order valence-corrected chi connectivity index (χ1v) is 18.1. The molecule has 4 N–H and O–H groups in total. The van der Waals surface area contributed by atoms with Crippen molar-refractivity contribution in [3.05, 3.63) is 71.8 Å². The van der Waals surface area contributed by atoms with E-state index in [9.17, 15) is 28.5 Å². The Hall–Kier alpha value is -4.23. The summed E-state index contributed by atoms with van der Waals surface area (Å²) in [5, 5.41) is 11.3. The molecule has 0 radical (unpaired) electrons. The average molecular weight is 716 g/mol. The maximum atomic E-state index is 13.5. The molecule has 0 aromatic heterocycles. The summed E-state index contributed by atoms with van der Waals surface area (Å²) in [6, 6.07) is 15.7. The lowest BCUT2D eigenvalue weighted by atomic mass is 10.1. The van der Waals surface area contributed by atoms with Gasteiger partial charge in [0, 0.05) is 16.7 Å². The number of nitrogens with one attached hydrogen (secondary N) is 4. The van der Waals surface area contributed by atoms with Crippen LogP contribution in [-0.2, 0) is 44.1 Å². The topological polar surface area (TPSA) is 187 Å². The van der Waals surface area contributed by atoms with E-state index in [0.717, 1.165) is 24.8 Å². The van der Waals surface area contributed by atoms with Crippen molar-refractivity contribution in [2.24, 2.45) is 0 Å². The normalized spacial score (nSPS) is 16.0. The van der Waals surface area contributed by atoms with Crippen molar-refractivity contribution in [2.45, 2.75) is 96.1 Å². The largest absolute Gasteiger partial charge is 0.698 e. The number of esters is 2. The molecule has 1 saturated heterocycles. The molecule has 0 bridgehead atoms. The molecule has 1 heterocycles. The van der Waals surface area contributed by atoms with Crippen molar-refractivity contribution in [1.82, 2.24) is 21.3 Å². The number of carbonyl (C=O) groups excluding carboxylic acids is 5. The van der Waals surface area contributed by atoms with Crippen LogP contribution in [0.4, 0.5) is 4.79 Å². The van der Waals surface area contributed by atoms with Crippen LogP contribution in [0, 0.1) is 0 Å². The van der Waals surface area contributed by atoms with Gasteiger partial charge in [-0.3, -0.25) is 9.59 Å². The summed E-state index contributed by atoms with van der Waals surface area (Å²) in [5.74, 6) is -2.58. The molecule has 4 unspecified atom stereocenters. The third-order valence-corrected chi connectivity index (χ3v) is 8.66. The van der Waals surface area contributed by atoms with Crippen LogP contribution in [0.3, 0.4) is 0 Å². The highest BCUT2D eigenvalue weighted by molar-refractivity contribution is 7.33. The zero-order chi connectivity index (χ0) is 36.1. The van der Waals surface area contributed by atoms with E-state index in [1.807, 2.05) is 37.3 Å². The van der Waals surface area contributed by atoms with Crippen LogP contribution in [0.1, 0.15) is 81.1 Å². The molecule has 3 rings (SSSR count). The van der Waals surface area contributed by atoms with Gasteiger partial charge in [-0.25, -0.2) is 14.4 Å². The van der Waals surface area contributed by atoms with Gasteiger partial charge >= 0.3 is 26.3 Å². The van der Waals surface area contributed by atoms with Crippen LogP contribution in [0.25, 0.3) is 0 Å². The summed E-state index contributed by atoms with van der Waals surface area (Å²) in [4.78, 5) is 63.0. The standard InChI is InChI=1S/C35H47N4O10P/c1-3-4-18-28(24-47-50(45)49-25(2)33(42)48-34(43)30-20-13-22-36-30)38-32(41)29(39-31(40)27-16-9-6-10-17-27)19-11-12-21-37-35(44)46-23-26-14-7-5-8-15-26/h5-10,14-17,25,28-30,36H,3-4,11-13,18-24H2,1-2H3,(H2-,37,38,39,40,41,44)/p+1/t25?,28?,29?,30-/m0/s1. The van der Waals surface area contributed by atoms with E-state index < -0.39 is 62.3 Å². The Labute approximate surface area is 293 Å². The molecule has 272 valence electrons. The SMILES string of the molecule is CCCCC(CO[P+](=O)OC(C)C(=O)OC(=O)[C@@H]1CCCN1)NC(=O)C(CCCCNC(=O)OCc1ccccc1)NC(=O)c1ccccc1. The second-order valence-electron chi connectivity index (χ2n) is 11.9. The smallest absolute Gasteiger partial charge is 0.445 e. The van der Waals surface area contributed by atoms with E-state index in [-0.39, 0.29) is 19.6 Å². The quantitative estimate of drug-likeness (QED) is 0.0619. The van der Waals surface area contributed by atoms with Crippen LogP contribution in [-0.4, -0.2) is 73.8 Å². The fourth-order valence-corrected chi connectivity index (χ4v) is 5.69. The maximum Gasteiger partial charge on any atom is 0.698 e. The van der Waals surface area contributed by atoms with E-state index in [1.165, 1.54) is 6.92 Å². The fourth-order valence-electron chi connectivity index (χ4n) is 4.98. The van der Waals surface area contributed by atoms with Gasteiger partial charge in [-0.05, 0) is 69.7 Å². The highest BCUT2D eigenvalue weighted by Gasteiger charge is 2.35. The van der Waals surface area contributed by atoms with Gasteiger partial charge in [0.2, 0.25) is 12.0 Å². The van der Waals surface area contributed by atoms with Crippen molar-refractivity contribution in [3.63, 3.8) is 0 Å². The minimum atomic E-state index is -2.80. The van der Waals surface area contributed by atoms with Crippen LogP contribution >= 0.6 is 8.25 Å². The molecule has 1 aliphatic heterocycles. The summed E-state index contributed by atoms with van der Waals surface area (Å²) >= 11 is 0. The number of hydrogen-bond acceptors (Lipinski definition) is 11. The van der Waals surface area contributed by atoms with E-state index in [2.05, 4.69) is 21.3 Å². The third kappa shape index (κ3) is 15.1. The van der Waals surface area contributed by atoms with Crippen LogP contribution < -0.4 is 21.3 Å². The van der Waals surface area contributed by atoms with Gasteiger partial charge in [-0.2, -0.15) is 0 Å². The van der Waals surface area contributed by atoms with Gasteiger partial charge in [0.15, 0.2) is 0 Å². The fraction of sp³-hybridized carbons (Fsp3) is 0.514. The van der Waals surface area contributed by atoms with Gasteiger partial charge in [-0.15, -0.1) is 9.05 Å². The third-order valence-electron chi connectivity index (χ3n) is 7.82. The van der Waals surface area contributed by atoms with Gasteiger partial charge in [0.05, 0.1) is 6.04 Å². The zero-order valence-electron chi connectivity index (χ0n) is 28.6. The van der Waals surface area contributed by atoms with Crippen LogP contribution in [0.2, 0.25) is 0 Å². The predicted molar refractivity (Wildman–Crippen MR) is 184 cm³/mol. The van der Waals surface area contributed by atoms with Crippen LogP contribution in [0.5, 0.6) is 0 Å². The molecule has 50 heavy (non-hydrogen) atoms. The number of carbonyl (C=O) groups is 5. The lowest BCUT2D eigenvalue weighted by Gasteiger charge is -2.22. The van der Waals surface area contributed by atoms with Crippen molar-refractivity contribution < 1.29 is 47.1 Å². The summed E-state index contributed by atoms with van der Waals surface area (Å²) in [6.45, 7) is 4.20. The molecule has 3 amide bonds. The number of alkyl carbamates (subject to hydrolysis) is 1. The minimum absolute atomic E-state index is 0.147. The van der Waals surface area contributed by atoms with Gasteiger partial charge in [0.25, 0.3) is 5.91 Å². The van der Waals surface area contributed by atoms with E-state index in [0.29, 0.717) is 44.3 Å². The number of rotatable bonds is 21. The van der Waals surface area contributed by atoms with Crippen molar-refractivity contribution in [2.75, 3.05) is 19.7 Å². The Morgan fingerprint density at radius 3 is 2.34 bits per heavy atom. The molecule has 1 aliphatic rings. The highest BCUT2D eigenvalue weighted by Crippen LogP contribution is 2.27. The number of hydrogen-bond donors (Lipinski definition) is 4. The number of benzene rings is 2. The van der Waals surface area contributed by atoms with Crippen molar-refractivity contribution in [3.8, 4) is 0 Å². The summed E-state index contributed by atoms with van der Waals surface area (Å²) in [7, 11) is -2.80. The Bertz CT molecular complexity index is 1390. The molecule has 15 heteroatoms. The first kappa shape index (κ1) is 40.2. The molecular formula is C35H48N4O10P+. The Balaban J connectivity index is 1.50. The molecule has 0 aliphatic carbocycles. The van der Waals surface area contributed by atoms with Crippen molar-refractivity contribution in [1.29, 1.82) is 0 Å². The molecule has 1 fully saturated rings. The van der Waals surface area contributed by atoms with Crippen LogP contribution in [0.15, 0.2) is 60.7 Å². The van der Waals surface area contributed by atoms with Gasteiger partial charge in [0.1, 0.15) is 25.3 Å². The molecule has 2 aromatic carbocycles. The summed E-state index contributed by atoms with van der Waals surface area (Å²) < 4.78 is 33.1.